The quantitative estimate of drug-likeness (QED) is 0.0899. The van der Waals surface area contributed by atoms with Gasteiger partial charge in [-0.3, -0.25) is 14.9 Å². The first-order valence-electron chi connectivity index (χ1n) is 13.3. The summed E-state index contributed by atoms with van der Waals surface area (Å²) in [4.78, 5) is 23.6. The van der Waals surface area contributed by atoms with Gasteiger partial charge in [-0.05, 0) is 86.6 Å². The molecule has 5 rings (SSSR count). The van der Waals surface area contributed by atoms with Crippen molar-refractivity contribution >= 4 is 41.0 Å². The number of nitrogens with one attached hydrogen (secondary N) is 1. The summed E-state index contributed by atoms with van der Waals surface area (Å²) in [5.74, 6) is 0.595. The van der Waals surface area contributed by atoms with Gasteiger partial charge in [0.05, 0.1) is 11.1 Å². The first-order valence-corrected chi connectivity index (χ1v) is 14.1. The Kier molecular flexibility index (Phi) is 9.32. The van der Waals surface area contributed by atoms with E-state index < -0.39 is 10.8 Å². The molecule has 0 saturated heterocycles. The molecule has 12 heteroatoms. The third kappa shape index (κ3) is 7.28. The summed E-state index contributed by atoms with van der Waals surface area (Å²) in [6, 6.07) is 24.2. The molecule has 0 aliphatic carbocycles. The van der Waals surface area contributed by atoms with Gasteiger partial charge in [0.25, 0.3) is 0 Å². The standard InChI is InChI=1S/C32H26Cl2N4O6/c1-20-3-4-21(2)37(20)25-8-10-26(11-9-25)42-19-27-12-14-31(44-27)32(39)36-35-17-22-5-13-30(29(15-22)38(40)41)43-18-23-6-7-24(33)16-28(23)34/h3-17H,18-19H2,1-2H3,(H,36,39)/b35-17+. The van der Waals surface area contributed by atoms with E-state index >= 15 is 0 Å². The Morgan fingerprint density at radius 1 is 0.955 bits per heavy atom. The van der Waals surface area contributed by atoms with Crippen molar-refractivity contribution in [3.63, 3.8) is 0 Å². The molecular weight excluding hydrogens is 607 g/mol. The topological polar surface area (TPSA) is 121 Å². The third-order valence-electron chi connectivity index (χ3n) is 6.59. The number of rotatable bonds is 11. The van der Waals surface area contributed by atoms with Crippen LogP contribution >= 0.6 is 23.2 Å². The van der Waals surface area contributed by atoms with Gasteiger partial charge in [0.15, 0.2) is 11.5 Å². The molecule has 0 bridgehead atoms. The Morgan fingerprint density at radius 3 is 2.41 bits per heavy atom. The average molecular weight is 633 g/mol. The van der Waals surface area contributed by atoms with Crippen molar-refractivity contribution in [1.82, 2.24) is 9.99 Å². The number of aromatic nitrogens is 1. The highest BCUT2D eigenvalue weighted by atomic mass is 35.5. The molecule has 0 spiro atoms. The maximum absolute atomic E-state index is 12.5. The predicted octanol–water partition coefficient (Wildman–Crippen LogP) is 7.82. The van der Waals surface area contributed by atoms with Crippen LogP contribution in [0.3, 0.4) is 0 Å². The van der Waals surface area contributed by atoms with Gasteiger partial charge in [-0.2, -0.15) is 5.10 Å². The molecule has 1 N–H and O–H groups in total. The largest absolute Gasteiger partial charge is 0.486 e. The van der Waals surface area contributed by atoms with E-state index in [1.165, 1.54) is 24.4 Å². The third-order valence-corrected chi connectivity index (χ3v) is 7.18. The molecule has 224 valence electrons. The fraction of sp³-hybridized carbons (Fsp3) is 0.125. The lowest BCUT2D eigenvalue weighted by molar-refractivity contribution is -0.385. The first-order chi connectivity index (χ1) is 21.2. The average Bonchev–Trinajstić information content (AvgIpc) is 3.62. The number of ether oxygens (including phenoxy) is 2. The van der Waals surface area contributed by atoms with Gasteiger partial charge in [-0.15, -0.1) is 0 Å². The number of carbonyl (C=O) groups is 1. The zero-order valence-corrected chi connectivity index (χ0v) is 25.1. The molecule has 44 heavy (non-hydrogen) atoms. The van der Waals surface area contributed by atoms with Crippen LogP contribution in [-0.2, 0) is 13.2 Å². The Hall–Kier alpha value is -5.06. The summed E-state index contributed by atoms with van der Waals surface area (Å²) in [6.07, 6.45) is 1.28. The molecule has 1 amide bonds. The normalized spacial score (nSPS) is 11.1. The molecule has 0 aliphatic rings. The van der Waals surface area contributed by atoms with Crippen LogP contribution in [0, 0.1) is 24.0 Å². The number of furan rings is 1. The second-order valence-electron chi connectivity index (χ2n) is 9.71. The van der Waals surface area contributed by atoms with Crippen molar-refractivity contribution in [2.75, 3.05) is 0 Å². The van der Waals surface area contributed by atoms with Crippen molar-refractivity contribution in [1.29, 1.82) is 0 Å². The van der Waals surface area contributed by atoms with Crippen LogP contribution in [0.2, 0.25) is 10.0 Å². The molecule has 0 aliphatic heterocycles. The molecule has 0 unspecified atom stereocenters. The van der Waals surface area contributed by atoms with Crippen molar-refractivity contribution in [3.05, 3.63) is 139 Å². The molecule has 10 nitrogen and oxygen atoms in total. The van der Waals surface area contributed by atoms with Gasteiger partial charge in [0, 0.05) is 44.3 Å². The van der Waals surface area contributed by atoms with Gasteiger partial charge in [-0.25, -0.2) is 5.43 Å². The molecule has 0 fully saturated rings. The van der Waals surface area contributed by atoms with Crippen molar-refractivity contribution in [2.24, 2.45) is 5.10 Å². The van der Waals surface area contributed by atoms with Crippen LogP contribution in [0.4, 0.5) is 5.69 Å². The number of halogens is 2. The predicted molar refractivity (Wildman–Crippen MR) is 167 cm³/mol. The Balaban J connectivity index is 1.15. The van der Waals surface area contributed by atoms with Gasteiger partial charge in [0.2, 0.25) is 0 Å². The van der Waals surface area contributed by atoms with Gasteiger partial charge in [0.1, 0.15) is 24.7 Å². The summed E-state index contributed by atoms with van der Waals surface area (Å²) in [6.45, 7) is 4.24. The monoisotopic (exact) mass is 632 g/mol. The number of nitro benzene ring substituents is 1. The second kappa shape index (κ2) is 13.5. The Bertz CT molecular complexity index is 1830. The maximum Gasteiger partial charge on any atom is 0.311 e. The van der Waals surface area contributed by atoms with Gasteiger partial charge < -0.3 is 18.5 Å². The fourth-order valence-corrected chi connectivity index (χ4v) is 4.86. The molecule has 0 atom stereocenters. The minimum Gasteiger partial charge on any atom is -0.486 e. The van der Waals surface area contributed by atoms with Crippen LogP contribution in [0.5, 0.6) is 11.5 Å². The number of hydrogen-bond donors (Lipinski definition) is 1. The number of carbonyl (C=O) groups excluding carboxylic acids is 1. The van der Waals surface area contributed by atoms with E-state index in [9.17, 15) is 14.9 Å². The fourth-order valence-electron chi connectivity index (χ4n) is 4.39. The van der Waals surface area contributed by atoms with Crippen molar-refractivity contribution in [2.45, 2.75) is 27.1 Å². The molecule has 2 aromatic heterocycles. The Labute approximate surface area is 262 Å². The molecular formula is C32H26Cl2N4O6. The summed E-state index contributed by atoms with van der Waals surface area (Å²) in [5, 5.41) is 16.4. The molecule has 2 heterocycles. The highest BCUT2D eigenvalue weighted by Gasteiger charge is 2.17. The van der Waals surface area contributed by atoms with E-state index in [2.05, 4.69) is 41.1 Å². The molecule has 5 aromatic rings. The zero-order valence-electron chi connectivity index (χ0n) is 23.6. The van der Waals surface area contributed by atoms with E-state index in [1.54, 1.807) is 30.3 Å². The summed E-state index contributed by atoms with van der Waals surface area (Å²) >= 11 is 12.1. The lowest BCUT2D eigenvalue weighted by Crippen LogP contribution is -2.16. The number of hydrogen-bond acceptors (Lipinski definition) is 7. The van der Waals surface area contributed by atoms with Gasteiger partial charge >= 0.3 is 11.6 Å². The van der Waals surface area contributed by atoms with Crippen molar-refractivity contribution in [3.8, 4) is 17.2 Å². The molecule has 3 aromatic carbocycles. The molecule has 0 radical (unpaired) electrons. The lowest BCUT2D eigenvalue weighted by atomic mass is 10.2. The van der Waals surface area contributed by atoms with Crippen molar-refractivity contribution < 1.29 is 23.6 Å². The summed E-state index contributed by atoms with van der Waals surface area (Å²) in [5.41, 5.74) is 6.39. The smallest absolute Gasteiger partial charge is 0.311 e. The minimum atomic E-state index is -0.594. The van der Waals surface area contributed by atoms with E-state index in [1.807, 2.05) is 24.3 Å². The van der Waals surface area contributed by atoms with E-state index in [-0.39, 0.29) is 30.4 Å². The number of nitro groups is 1. The number of amides is 1. The van der Waals surface area contributed by atoms with E-state index in [0.717, 1.165) is 17.1 Å². The number of benzene rings is 3. The van der Waals surface area contributed by atoms with E-state index in [4.69, 9.17) is 37.1 Å². The minimum absolute atomic E-state index is 0.0105. The van der Waals surface area contributed by atoms with Crippen LogP contribution in [-0.4, -0.2) is 21.6 Å². The molecule has 0 saturated carbocycles. The highest BCUT2D eigenvalue weighted by molar-refractivity contribution is 6.35. The number of nitrogens with zero attached hydrogens (tertiary/aromatic N) is 3. The summed E-state index contributed by atoms with van der Waals surface area (Å²) in [7, 11) is 0. The lowest BCUT2D eigenvalue weighted by Gasteiger charge is -2.10. The summed E-state index contributed by atoms with van der Waals surface area (Å²) < 4.78 is 19.2. The first kappa shape index (κ1) is 30.4. The van der Waals surface area contributed by atoms with Crippen LogP contribution in [0.15, 0.2) is 94.4 Å². The zero-order chi connectivity index (χ0) is 31.2. The van der Waals surface area contributed by atoms with Crippen LogP contribution in [0.1, 0.15) is 38.8 Å². The maximum atomic E-state index is 12.5. The van der Waals surface area contributed by atoms with Gasteiger partial charge in [-0.1, -0.05) is 29.3 Å². The number of hydrazone groups is 1. The second-order valence-corrected chi connectivity index (χ2v) is 10.6. The van der Waals surface area contributed by atoms with Crippen LogP contribution < -0.4 is 14.9 Å². The van der Waals surface area contributed by atoms with E-state index in [0.29, 0.717) is 32.7 Å². The SMILES string of the molecule is Cc1ccc(C)n1-c1ccc(OCc2ccc(C(=O)N/N=C/c3ccc(OCc4ccc(Cl)cc4Cl)c([N+](=O)[O-])c3)o2)cc1. The van der Waals surface area contributed by atoms with Crippen LogP contribution in [0.25, 0.3) is 5.69 Å². The Morgan fingerprint density at radius 2 is 1.70 bits per heavy atom. The number of aryl methyl sites for hydroxylation is 2. The highest BCUT2D eigenvalue weighted by Crippen LogP contribution is 2.30.